The van der Waals surface area contributed by atoms with Gasteiger partial charge in [-0.2, -0.15) is 0 Å². The quantitative estimate of drug-likeness (QED) is 0.0532. The molecule has 0 bridgehead atoms. The number of hydrogen-bond acceptors (Lipinski definition) is 18. The van der Waals surface area contributed by atoms with Crippen molar-refractivity contribution in [1.82, 2.24) is 13.7 Å². The van der Waals surface area contributed by atoms with E-state index in [9.17, 15) is 59.4 Å². The fraction of sp³-hybridized carbons (Fsp3) is 0.250. The average molecular weight is 952 g/mol. The van der Waals surface area contributed by atoms with Crippen LogP contribution in [0.2, 0.25) is 0 Å². The molecule has 0 fully saturated rings. The maximum absolute atomic E-state index is 13.8. The summed E-state index contributed by atoms with van der Waals surface area (Å²) in [5.41, 5.74) is -5.01. The summed E-state index contributed by atoms with van der Waals surface area (Å²) >= 11 is 0. The van der Waals surface area contributed by atoms with E-state index in [4.69, 9.17) is 28.4 Å². The molecule has 0 aliphatic rings. The molecule has 0 radical (unpaired) electrons. The summed E-state index contributed by atoms with van der Waals surface area (Å²) in [4.78, 5) is 80.8. The van der Waals surface area contributed by atoms with Crippen LogP contribution in [0.5, 0.6) is 34.5 Å². The second-order valence-electron chi connectivity index (χ2n) is 15.7. The van der Waals surface area contributed by atoms with Crippen LogP contribution in [0.3, 0.4) is 0 Å². The Morgan fingerprint density at radius 3 is 0.928 bits per heavy atom. The Hall–Kier alpha value is -8.40. The van der Waals surface area contributed by atoms with E-state index in [1.54, 1.807) is 54.6 Å². The molecule has 3 atom stereocenters. The lowest BCUT2D eigenvalue weighted by molar-refractivity contribution is 0.0167. The normalized spacial score (nSPS) is 12.6. The summed E-state index contributed by atoms with van der Waals surface area (Å²) in [5.74, 6) is -3.21. The van der Waals surface area contributed by atoms with E-state index in [2.05, 4.69) is 0 Å². The van der Waals surface area contributed by atoms with Gasteiger partial charge in [0.25, 0.3) is 0 Å². The summed E-state index contributed by atoms with van der Waals surface area (Å²) in [5, 5.41) is 67.9. The van der Waals surface area contributed by atoms with Gasteiger partial charge < -0.3 is 59.1 Å². The van der Waals surface area contributed by atoms with Crippen molar-refractivity contribution >= 4 is 50.2 Å². The summed E-state index contributed by atoms with van der Waals surface area (Å²) in [7, 11) is 4.34. The summed E-state index contributed by atoms with van der Waals surface area (Å²) < 4.78 is 32.4. The molecular weight excluding hydrogens is 907 g/mol. The number of carbonyl (C=O) groups excluding carboxylic acids is 3. The zero-order chi connectivity index (χ0) is 49.7. The van der Waals surface area contributed by atoms with Gasteiger partial charge in [0.1, 0.15) is 89.3 Å². The molecule has 0 aliphatic heterocycles. The van der Waals surface area contributed by atoms with Crippen molar-refractivity contribution < 1.29 is 73.4 Å². The minimum atomic E-state index is -1.82. The molecule has 360 valence electrons. The van der Waals surface area contributed by atoms with Crippen LogP contribution < -0.4 is 31.3 Å². The zero-order valence-corrected chi connectivity index (χ0v) is 37.1. The summed E-state index contributed by atoms with van der Waals surface area (Å²) in [6, 6.07) is 22.7. The molecule has 69 heavy (non-hydrogen) atoms. The first-order valence-corrected chi connectivity index (χ1v) is 20.9. The van der Waals surface area contributed by atoms with Crippen molar-refractivity contribution in [2.75, 3.05) is 41.2 Å². The highest BCUT2D eigenvalue weighted by Crippen LogP contribution is 2.31. The SMILES string of the molecule is COc1ccc2cc(O)c(C(=O)OCC(O)Cn3c(=O)n(CC(O)COC(=O)c4cc5cc(OC)ccc5cc4O)c(=O)n(CC(O)COC(=O)c4cc5cc(OC)ccc5cc4O)c3=O)cc2c1. The number of methoxy groups -OCH3 is 3. The number of rotatable bonds is 18. The molecule has 6 N–H and O–H groups in total. The molecule has 0 aliphatic carbocycles. The van der Waals surface area contributed by atoms with Gasteiger partial charge in [0.05, 0.1) is 41.0 Å². The molecule has 0 saturated heterocycles. The van der Waals surface area contributed by atoms with Crippen LogP contribution in [0.25, 0.3) is 32.3 Å². The number of phenolic OH excluding ortho intramolecular Hbond substituents is 3. The Balaban J connectivity index is 1.11. The largest absolute Gasteiger partial charge is 0.507 e. The van der Waals surface area contributed by atoms with Gasteiger partial charge in [-0.05, 0) is 105 Å². The molecule has 7 rings (SSSR count). The maximum atomic E-state index is 13.8. The van der Waals surface area contributed by atoms with E-state index in [0.29, 0.717) is 63.3 Å². The minimum absolute atomic E-state index is 0.285. The molecule has 0 amide bonds. The van der Waals surface area contributed by atoms with Gasteiger partial charge >= 0.3 is 35.0 Å². The number of ether oxygens (including phenoxy) is 6. The van der Waals surface area contributed by atoms with Crippen LogP contribution in [-0.4, -0.2) is 122 Å². The lowest BCUT2D eigenvalue weighted by Crippen LogP contribution is -2.57. The topological polar surface area (TPSA) is 294 Å². The molecule has 6 aromatic carbocycles. The van der Waals surface area contributed by atoms with Crippen molar-refractivity contribution in [1.29, 1.82) is 0 Å². The number of aromatic hydroxyl groups is 3. The molecule has 0 spiro atoms. The smallest absolute Gasteiger partial charge is 0.342 e. The maximum Gasteiger partial charge on any atom is 0.342 e. The number of nitrogens with zero attached hydrogens (tertiary/aromatic N) is 3. The number of aromatic nitrogens is 3. The highest BCUT2D eigenvalue weighted by atomic mass is 16.6. The molecule has 1 heterocycles. The van der Waals surface area contributed by atoms with Crippen molar-refractivity contribution in [2.45, 2.75) is 37.9 Å². The first-order valence-electron chi connectivity index (χ1n) is 20.9. The Kier molecular flexibility index (Phi) is 14.5. The van der Waals surface area contributed by atoms with Crippen LogP contribution in [0.1, 0.15) is 31.1 Å². The molecule has 21 heteroatoms. The van der Waals surface area contributed by atoms with E-state index in [1.165, 1.54) is 57.7 Å². The number of phenols is 3. The number of benzene rings is 6. The van der Waals surface area contributed by atoms with E-state index in [1.807, 2.05) is 0 Å². The number of fused-ring (bicyclic) bond motifs is 3. The van der Waals surface area contributed by atoms with Gasteiger partial charge in [-0.3, -0.25) is 0 Å². The third kappa shape index (κ3) is 10.8. The summed E-state index contributed by atoms with van der Waals surface area (Å²) in [6.45, 7) is -5.33. The van der Waals surface area contributed by atoms with E-state index in [-0.39, 0.29) is 16.7 Å². The zero-order valence-electron chi connectivity index (χ0n) is 37.1. The standard InChI is InChI=1S/C48H45N3O18/c1-64-34-7-4-25-16-40(55)37(13-28(25)10-34)43(58)67-22-31(52)19-49-46(61)50(20-32(53)23-68-44(59)38-14-29-11-35(65-2)8-5-26(29)17-41(38)56)48(63)51(47(49)62)21-33(54)24-69-45(60)39-15-30-12-36(66-3)9-6-27(30)18-42(39)57/h4-18,31-33,52-57H,19-24H2,1-3H3. The monoisotopic (exact) mass is 951 g/mol. The first kappa shape index (κ1) is 48.5. The van der Waals surface area contributed by atoms with Crippen LogP contribution in [0.4, 0.5) is 0 Å². The van der Waals surface area contributed by atoms with Crippen molar-refractivity contribution in [2.24, 2.45) is 0 Å². The second kappa shape index (κ2) is 20.6. The predicted molar refractivity (Wildman–Crippen MR) is 245 cm³/mol. The Bertz CT molecular complexity index is 2930. The molecule has 1 aromatic heterocycles. The molecule has 3 unspecified atom stereocenters. The van der Waals surface area contributed by atoms with Gasteiger partial charge in [0.15, 0.2) is 0 Å². The van der Waals surface area contributed by atoms with E-state index >= 15 is 0 Å². The van der Waals surface area contributed by atoms with Gasteiger partial charge in [-0.25, -0.2) is 42.5 Å². The fourth-order valence-electron chi connectivity index (χ4n) is 7.35. The number of aliphatic hydroxyl groups excluding tert-OH is 3. The van der Waals surface area contributed by atoms with Gasteiger partial charge in [-0.15, -0.1) is 0 Å². The number of carbonyl (C=O) groups is 3. The van der Waals surface area contributed by atoms with E-state index < -0.39 is 110 Å². The highest BCUT2D eigenvalue weighted by Gasteiger charge is 2.25. The number of aliphatic hydroxyl groups is 3. The lowest BCUT2D eigenvalue weighted by atomic mass is 10.1. The Morgan fingerprint density at radius 2 is 0.681 bits per heavy atom. The van der Waals surface area contributed by atoms with Crippen LogP contribution in [0, 0.1) is 0 Å². The van der Waals surface area contributed by atoms with Crippen molar-refractivity contribution in [3.63, 3.8) is 0 Å². The van der Waals surface area contributed by atoms with Gasteiger partial charge in [0, 0.05) is 0 Å². The van der Waals surface area contributed by atoms with Gasteiger partial charge in [-0.1, -0.05) is 18.2 Å². The third-order valence-electron chi connectivity index (χ3n) is 10.9. The molecule has 21 nitrogen and oxygen atoms in total. The third-order valence-corrected chi connectivity index (χ3v) is 10.9. The van der Waals surface area contributed by atoms with Crippen molar-refractivity contribution in [3.05, 3.63) is 139 Å². The van der Waals surface area contributed by atoms with Gasteiger partial charge in [0.2, 0.25) is 0 Å². The number of esters is 3. The Morgan fingerprint density at radius 1 is 0.420 bits per heavy atom. The predicted octanol–water partition coefficient (Wildman–Crippen LogP) is 2.43. The Labute approximate surface area is 389 Å². The molecule has 7 aromatic rings. The van der Waals surface area contributed by atoms with Crippen LogP contribution in [-0.2, 0) is 33.8 Å². The molecule has 0 saturated carbocycles. The average Bonchev–Trinajstić information content (AvgIpc) is 3.34. The lowest BCUT2D eigenvalue weighted by Gasteiger charge is -2.19. The minimum Gasteiger partial charge on any atom is -0.507 e. The highest BCUT2D eigenvalue weighted by molar-refractivity contribution is 6.00. The van der Waals surface area contributed by atoms with Crippen LogP contribution in [0.15, 0.2) is 105 Å². The number of hydrogen-bond donors (Lipinski definition) is 6. The first-order chi connectivity index (χ1) is 33.0. The van der Waals surface area contributed by atoms with E-state index in [0.717, 1.165) is 0 Å². The fourth-order valence-corrected chi connectivity index (χ4v) is 7.35. The van der Waals surface area contributed by atoms with Crippen molar-refractivity contribution in [3.8, 4) is 34.5 Å². The summed E-state index contributed by atoms with van der Waals surface area (Å²) in [6.07, 6.45) is -5.45. The molecular formula is C48H45N3O18. The second-order valence-corrected chi connectivity index (χ2v) is 15.7. The van der Waals surface area contributed by atoms with Crippen LogP contribution >= 0.6 is 0 Å².